The van der Waals surface area contributed by atoms with Crippen molar-refractivity contribution in [2.24, 2.45) is 10.4 Å². The van der Waals surface area contributed by atoms with Crippen molar-refractivity contribution in [3.05, 3.63) is 29.8 Å². The Morgan fingerprint density at radius 1 is 1.24 bits per heavy atom. The maximum atomic E-state index is 5.26. The minimum Gasteiger partial charge on any atom is -0.497 e. The molecule has 1 aliphatic heterocycles. The number of aliphatic imine (C=N–C) groups is 1. The predicted molar refractivity (Wildman–Crippen MR) is 115 cm³/mol. The van der Waals surface area contributed by atoms with Crippen molar-refractivity contribution >= 4 is 29.9 Å². The number of benzene rings is 1. The van der Waals surface area contributed by atoms with Crippen LogP contribution in [0.4, 0.5) is 0 Å². The van der Waals surface area contributed by atoms with Crippen LogP contribution in [0.1, 0.15) is 45.1 Å². The molecule has 0 radical (unpaired) electrons. The van der Waals surface area contributed by atoms with Gasteiger partial charge in [-0.3, -0.25) is 4.99 Å². The fourth-order valence-corrected chi connectivity index (χ4v) is 3.98. The standard InChI is InChI=1S/C20H31N3O.HI/c1-19(2,16-6-8-17(24-4)9-7-16)14-22-18(21-3)23-13-12-20(15-23)10-5-11-20;/h6-9H,5,10-15H2,1-4H3,(H,21,22);1H. The molecule has 0 amide bonds. The SMILES string of the molecule is CN=C(NCC(C)(C)c1ccc(OC)cc1)N1CCC2(CCC2)C1.I. The summed E-state index contributed by atoms with van der Waals surface area (Å²) in [7, 11) is 3.60. The Bertz CT molecular complexity index is 593. The lowest BCUT2D eigenvalue weighted by Crippen LogP contribution is -2.46. The lowest BCUT2D eigenvalue weighted by atomic mass is 9.68. The Balaban J connectivity index is 0.00000225. The van der Waals surface area contributed by atoms with Crippen molar-refractivity contribution < 1.29 is 4.74 Å². The summed E-state index contributed by atoms with van der Waals surface area (Å²) < 4.78 is 5.26. The molecule has 1 saturated carbocycles. The smallest absolute Gasteiger partial charge is 0.193 e. The second-order valence-corrected chi connectivity index (χ2v) is 8.04. The van der Waals surface area contributed by atoms with Gasteiger partial charge in [-0.15, -0.1) is 24.0 Å². The number of nitrogens with zero attached hydrogens (tertiary/aromatic N) is 2. The minimum atomic E-state index is 0. The van der Waals surface area contributed by atoms with Gasteiger partial charge in [0.2, 0.25) is 0 Å². The first-order valence-electron chi connectivity index (χ1n) is 9.08. The van der Waals surface area contributed by atoms with E-state index in [0.29, 0.717) is 5.41 Å². The molecule has 0 atom stereocenters. The first-order valence-corrected chi connectivity index (χ1v) is 9.08. The number of rotatable bonds is 4. The molecule has 1 N–H and O–H groups in total. The zero-order chi connectivity index (χ0) is 17.2. The van der Waals surface area contributed by atoms with Crippen LogP contribution in [0.5, 0.6) is 5.75 Å². The molecule has 2 fully saturated rings. The van der Waals surface area contributed by atoms with Crippen LogP contribution < -0.4 is 10.1 Å². The van der Waals surface area contributed by atoms with Crippen molar-refractivity contribution in [3.8, 4) is 5.75 Å². The van der Waals surface area contributed by atoms with Gasteiger partial charge in [-0.2, -0.15) is 0 Å². The third-order valence-electron chi connectivity index (χ3n) is 5.92. The molecule has 1 heterocycles. The summed E-state index contributed by atoms with van der Waals surface area (Å²) >= 11 is 0. The second-order valence-electron chi connectivity index (χ2n) is 8.04. The number of hydrogen-bond donors (Lipinski definition) is 1. The Labute approximate surface area is 169 Å². The van der Waals surface area contributed by atoms with Gasteiger partial charge in [0.05, 0.1) is 7.11 Å². The minimum absolute atomic E-state index is 0. The second kappa shape index (κ2) is 8.14. The van der Waals surface area contributed by atoms with Crippen molar-refractivity contribution in [1.82, 2.24) is 10.2 Å². The fraction of sp³-hybridized carbons (Fsp3) is 0.650. The summed E-state index contributed by atoms with van der Waals surface area (Å²) in [4.78, 5) is 6.98. The molecule has 3 rings (SSSR count). The molecular weight excluding hydrogens is 425 g/mol. The van der Waals surface area contributed by atoms with Crippen LogP contribution in [-0.2, 0) is 5.41 Å². The van der Waals surface area contributed by atoms with E-state index in [-0.39, 0.29) is 29.4 Å². The van der Waals surface area contributed by atoms with Crippen molar-refractivity contribution in [1.29, 1.82) is 0 Å². The molecule has 0 bridgehead atoms. The van der Waals surface area contributed by atoms with E-state index in [9.17, 15) is 0 Å². The highest BCUT2D eigenvalue weighted by atomic mass is 127. The number of guanidine groups is 1. The summed E-state index contributed by atoms with van der Waals surface area (Å²) in [6.07, 6.45) is 5.54. The zero-order valence-corrected chi connectivity index (χ0v) is 18.3. The van der Waals surface area contributed by atoms with E-state index in [4.69, 9.17) is 4.74 Å². The van der Waals surface area contributed by atoms with Gasteiger partial charge in [-0.05, 0) is 42.4 Å². The van der Waals surface area contributed by atoms with Gasteiger partial charge < -0.3 is 15.0 Å². The fourth-order valence-electron chi connectivity index (χ4n) is 3.98. The lowest BCUT2D eigenvalue weighted by Gasteiger charge is -2.38. The van der Waals surface area contributed by atoms with Crippen LogP contribution in [0.15, 0.2) is 29.3 Å². The quantitative estimate of drug-likeness (QED) is 0.421. The number of halogens is 1. The Kier molecular flexibility index (Phi) is 6.62. The molecule has 4 nitrogen and oxygen atoms in total. The molecule has 140 valence electrons. The molecule has 1 aliphatic carbocycles. The number of likely N-dealkylation sites (tertiary alicyclic amines) is 1. The van der Waals surface area contributed by atoms with Gasteiger partial charge in [0.25, 0.3) is 0 Å². The Hall–Kier alpha value is -0.980. The van der Waals surface area contributed by atoms with Gasteiger partial charge >= 0.3 is 0 Å². The number of methoxy groups -OCH3 is 1. The molecule has 5 heteroatoms. The highest BCUT2D eigenvalue weighted by Crippen LogP contribution is 2.47. The van der Waals surface area contributed by atoms with E-state index >= 15 is 0 Å². The molecular formula is C20H32IN3O. The maximum absolute atomic E-state index is 5.26. The van der Waals surface area contributed by atoms with E-state index in [1.54, 1.807) is 7.11 Å². The molecule has 0 aromatic heterocycles. The third kappa shape index (κ3) is 4.41. The van der Waals surface area contributed by atoms with Crippen molar-refractivity contribution in [2.75, 3.05) is 33.8 Å². The van der Waals surface area contributed by atoms with Crippen LogP contribution in [0, 0.1) is 5.41 Å². The summed E-state index contributed by atoms with van der Waals surface area (Å²) in [6.45, 7) is 7.73. The first kappa shape index (κ1) is 20.3. The van der Waals surface area contributed by atoms with E-state index < -0.39 is 0 Å². The lowest BCUT2D eigenvalue weighted by molar-refractivity contribution is 0.151. The van der Waals surface area contributed by atoms with Gasteiger partial charge in [0.1, 0.15) is 5.75 Å². The first-order chi connectivity index (χ1) is 11.5. The average molecular weight is 457 g/mol. The average Bonchev–Trinajstić information content (AvgIpc) is 3.01. The molecule has 1 aromatic carbocycles. The highest BCUT2D eigenvalue weighted by Gasteiger charge is 2.43. The number of ether oxygens (including phenoxy) is 1. The largest absolute Gasteiger partial charge is 0.497 e. The van der Waals surface area contributed by atoms with Gasteiger partial charge in [0.15, 0.2) is 5.96 Å². The predicted octanol–water partition coefficient (Wildman–Crippen LogP) is 4.04. The highest BCUT2D eigenvalue weighted by molar-refractivity contribution is 14.0. The monoisotopic (exact) mass is 457 g/mol. The van der Waals surface area contributed by atoms with E-state index in [1.807, 2.05) is 19.2 Å². The van der Waals surface area contributed by atoms with Crippen molar-refractivity contribution in [2.45, 2.75) is 44.9 Å². The number of nitrogens with one attached hydrogen (secondary N) is 1. The van der Waals surface area contributed by atoms with Crippen LogP contribution in [0.2, 0.25) is 0 Å². The third-order valence-corrected chi connectivity index (χ3v) is 5.92. The van der Waals surface area contributed by atoms with Crippen LogP contribution >= 0.6 is 24.0 Å². The summed E-state index contributed by atoms with van der Waals surface area (Å²) in [5, 5.41) is 3.61. The Morgan fingerprint density at radius 3 is 2.40 bits per heavy atom. The summed E-state index contributed by atoms with van der Waals surface area (Å²) in [6, 6.07) is 8.38. The van der Waals surface area contributed by atoms with Crippen molar-refractivity contribution in [3.63, 3.8) is 0 Å². The number of hydrogen-bond acceptors (Lipinski definition) is 2. The van der Waals surface area contributed by atoms with Crippen LogP contribution in [0.3, 0.4) is 0 Å². The zero-order valence-electron chi connectivity index (χ0n) is 16.0. The van der Waals surface area contributed by atoms with Crippen LogP contribution in [0.25, 0.3) is 0 Å². The molecule has 25 heavy (non-hydrogen) atoms. The maximum Gasteiger partial charge on any atom is 0.193 e. The normalized spacial score (nSPS) is 19.4. The topological polar surface area (TPSA) is 36.9 Å². The van der Waals surface area contributed by atoms with E-state index in [1.165, 1.54) is 37.8 Å². The molecule has 2 aliphatic rings. The van der Waals surface area contributed by atoms with Gasteiger partial charge in [-0.25, -0.2) is 0 Å². The Morgan fingerprint density at radius 2 is 1.92 bits per heavy atom. The summed E-state index contributed by atoms with van der Waals surface area (Å²) in [5.41, 5.74) is 1.95. The summed E-state index contributed by atoms with van der Waals surface area (Å²) in [5.74, 6) is 1.96. The van der Waals surface area contributed by atoms with Crippen LogP contribution in [-0.4, -0.2) is 44.7 Å². The van der Waals surface area contributed by atoms with Gasteiger partial charge in [0, 0.05) is 32.1 Å². The van der Waals surface area contributed by atoms with E-state index in [2.05, 4.69) is 41.2 Å². The molecule has 1 aromatic rings. The molecule has 1 saturated heterocycles. The van der Waals surface area contributed by atoms with Gasteiger partial charge in [-0.1, -0.05) is 32.4 Å². The van der Waals surface area contributed by atoms with E-state index in [0.717, 1.165) is 24.8 Å². The molecule has 0 unspecified atom stereocenters. The molecule has 1 spiro atoms.